The SMILES string of the molecule is CCC(C)(C)C(=O)OC12CC3CC(CC(OC(=O)C4CC5OC5C4)(C3)C1)C2. The van der Waals surface area contributed by atoms with Crippen molar-refractivity contribution in [2.24, 2.45) is 23.2 Å². The molecule has 6 rings (SSSR count). The molecule has 5 saturated carbocycles. The second-order valence-corrected chi connectivity index (χ2v) is 10.8. The molecule has 5 nitrogen and oxygen atoms in total. The number of fused-ring (bicyclic) bond motifs is 1. The smallest absolute Gasteiger partial charge is 0.312 e. The monoisotopic (exact) mass is 376 g/mol. The third-order valence-corrected chi connectivity index (χ3v) is 8.07. The number of carbonyl (C=O) groups is 2. The van der Waals surface area contributed by atoms with Crippen LogP contribution in [0.4, 0.5) is 0 Å². The summed E-state index contributed by atoms with van der Waals surface area (Å²) in [5.41, 5.74) is -1.29. The Morgan fingerprint density at radius 1 is 0.963 bits per heavy atom. The minimum atomic E-state index is -0.460. The molecule has 150 valence electrons. The third-order valence-electron chi connectivity index (χ3n) is 8.07. The maximum atomic E-state index is 12.8. The summed E-state index contributed by atoms with van der Waals surface area (Å²) < 4.78 is 17.9. The molecule has 1 heterocycles. The van der Waals surface area contributed by atoms with E-state index < -0.39 is 16.6 Å². The van der Waals surface area contributed by atoms with E-state index in [9.17, 15) is 9.59 Å². The molecule has 6 fully saturated rings. The molecule has 1 aliphatic heterocycles. The third kappa shape index (κ3) is 3.01. The zero-order valence-corrected chi connectivity index (χ0v) is 16.8. The van der Waals surface area contributed by atoms with E-state index in [0.29, 0.717) is 30.5 Å². The molecule has 0 N–H and O–H groups in total. The van der Waals surface area contributed by atoms with Crippen LogP contribution in [0.25, 0.3) is 0 Å². The summed E-state index contributed by atoms with van der Waals surface area (Å²) in [6.45, 7) is 5.94. The Balaban J connectivity index is 1.32. The lowest BCUT2D eigenvalue weighted by molar-refractivity contribution is -0.237. The van der Waals surface area contributed by atoms with Crippen molar-refractivity contribution in [3.05, 3.63) is 0 Å². The summed E-state index contributed by atoms with van der Waals surface area (Å²) in [6.07, 6.45) is 8.65. The summed E-state index contributed by atoms with van der Waals surface area (Å²) >= 11 is 0. The van der Waals surface area contributed by atoms with Gasteiger partial charge < -0.3 is 14.2 Å². The minimum absolute atomic E-state index is 0.000667. The Bertz CT molecular complexity index is 644. The Hall–Kier alpha value is -1.10. The summed E-state index contributed by atoms with van der Waals surface area (Å²) in [5, 5.41) is 0. The van der Waals surface area contributed by atoms with E-state index >= 15 is 0 Å². The van der Waals surface area contributed by atoms with Crippen molar-refractivity contribution in [2.45, 2.75) is 102 Å². The number of carbonyl (C=O) groups excluding carboxylic acids is 2. The average molecular weight is 376 g/mol. The van der Waals surface area contributed by atoms with Crippen LogP contribution >= 0.6 is 0 Å². The zero-order valence-electron chi connectivity index (χ0n) is 16.8. The predicted octanol–water partition coefficient (Wildman–Crippen LogP) is 3.78. The van der Waals surface area contributed by atoms with Gasteiger partial charge >= 0.3 is 11.9 Å². The molecule has 1 saturated heterocycles. The predicted molar refractivity (Wildman–Crippen MR) is 97.8 cm³/mol. The molecule has 0 radical (unpaired) electrons. The molecule has 4 atom stereocenters. The van der Waals surface area contributed by atoms with Crippen LogP contribution in [0, 0.1) is 23.2 Å². The lowest BCUT2D eigenvalue weighted by atomic mass is 9.52. The van der Waals surface area contributed by atoms with Gasteiger partial charge in [-0.25, -0.2) is 0 Å². The van der Waals surface area contributed by atoms with E-state index in [4.69, 9.17) is 14.2 Å². The summed E-state index contributed by atoms with van der Waals surface area (Å²) in [5.74, 6) is 0.887. The first-order chi connectivity index (χ1) is 12.7. The van der Waals surface area contributed by atoms with Crippen molar-refractivity contribution in [2.75, 3.05) is 0 Å². The second kappa shape index (κ2) is 5.71. The van der Waals surface area contributed by atoms with Crippen LogP contribution < -0.4 is 0 Å². The first-order valence-electron chi connectivity index (χ1n) is 10.8. The van der Waals surface area contributed by atoms with E-state index in [2.05, 4.69) is 0 Å². The molecular formula is C22H32O5. The summed E-state index contributed by atoms with van der Waals surface area (Å²) in [6, 6.07) is 0. The number of ether oxygens (including phenoxy) is 3. The van der Waals surface area contributed by atoms with Crippen molar-refractivity contribution >= 4 is 11.9 Å². The quantitative estimate of drug-likeness (QED) is 0.540. The van der Waals surface area contributed by atoms with Gasteiger partial charge in [0.2, 0.25) is 0 Å². The largest absolute Gasteiger partial charge is 0.459 e. The molecule has 0 aromatic carbocycles. The van der Waals surface area contributed by atoms with Gasteiger partial charge in [0.1, 0.15) is 11.2 Å². The van der Waals surface area contributed by atoms with E-state index in [1.54, 1.807) is 0 Å². The van der Waals surface area contributed by atoms with Gasteiger partial charge in [0.05, 0.1) is 23.5 Å². The highest BCUT2D eigenvalue weighted by atomic mass is 16.6. The molecule has 4 unspecified atom stereocenters. The molecule has 0 aromatic rings. The van der Waals surface area contributed by atoms with Crippen LogP contribution in [0.3, 0.4) is 0 Å². The van der Waals surface area contributed by atoms with Gasteiger partial charge in [-0.1, -0.05) is 6.92 Å². The Morgan fingerprint density at radius 2 is 1.52 bits per heavy atom. The Labute approximate surface area is 161 Å². The van der Waals surface area contributed by atoms with Gasteiger partial charge in [0.25, 0.3) is 0 Å². The van der Waals surface area contributed by atoms with E-state index in [-0.39, 0.29) is 17.9 Å². The number of epoxide rings is 1. The zero-order chi connectivity index (χ0) is 19.0. The summed E-state index contributed by atoms with van der Waals surface area (Å²) in [7, 11) is 0. The van der Waals surface area contributed by atoms with Gasteiger partial charge in [-0.15, -0.1) is 0 Å². The first kappa shape index (κ1) is 18.0. The highest BCUT2D eigenvalue weighted by Crippen LogP contribution is 2.61. The van der Waals surface area contributed by atoms with E-state index in [1.165, 1.54) is 6.42 Å². The number of esters is 2. The van der Waals surface area contributed by atoms with Crippen molar-refractivity contribution in [3.8, 4) is 0 Å². The highest BCUT2D eigenvalue weighted by molar-refractivity contribution is 5.76. The maximum absolute atomic E-state index is 12.8. The molecule has 5 heteroatoms. The number of rotatable bonds is 5. The van der Waals surface area contributed by atoms with Gasteiger partial charge in [0.15, 0.2) is 0 Å². The van der Waals surface area contributed by atoms with E-state index in [0.717, 1.165) is 44.9 Å². The van der Waals surface area contributed by atoms with Crippen molar-refractivity contribution in [1.82, 2.24) is 0 Å². The molecule has 0 aromatic heterocycles. The standard InChI is InChI=1S/C22H32O5/c1-4-20(2,3)19(24)27-22-10-13-5-14(11-22)9-21(8-13,12-22)26-18(23)15-6-16-17(7-15)25-16/h13-17H,4-12H2,1-3H3. The van der Waals surface area contributed by atoms with Crippen LogP contribution in [0.2, 0.25) is 0 Å². The van der Waals surface area contributed by atoms with Crippen LogP contribution in [-0.2, 0) is 23.8 Å². The highest BCUT2D eigenvalue weighted by Gasteiger charge is 2.62. The van der Waals surface area contributed by atoms with Crippen LogP contribution in [0.15, 0.2) is 0 Å². The van der Waals surface area contributed by atoms with Gasteiger partial charge in [-0.05, 0) is 77.0 Å². The molecule has 5 aliphatic carbocycles. The van der Waals surface area contributed by atoms with Gasteiger partial charge in [-0.2, -0.15) is 0 Å². The van der Waals surface area contributed by atoms with Crippen molar-refractivity contribution in [1.29, 1.82) is 0 Å². The molecular weight excluding hydrogens is 344 g/mol. The molecule has 0 spiro atoms. The maximum Gasteiger partial charge on any atom is 0.312 e. The van der Waals surface area contributed by atoms with Gasteiger partial charge in [0, 0.05) is 6.42 Å². The van der Waals surface area contributed by atoms with Crippen LogP contribution in [0.1, 0.15) is 78.6 Å². The number of hydrogen-bond donors (Lipinski definition) is 0. The number of hydrogen-bond acceptors (Lipinski definition) is 5. The Morgan fingerprint density at radius 3 is 2.07 bits per heavy atom. The topological polar surface area (TPSA) is 65.1 Å². The molecule has 27 heavy (non-hydrogen) atoms. The van der Waals surface area contributed by atoms with Crippen molar-refractivity contribution < 1.29 is 23.8 Å². The fourth-order valence-electron chi connectivity index (χ4n) is 6.55. The normalized spacial score (nSPS) is 46.9. The Kier molecular flexibility index (Phi) is 3.80. The lowest BCUT2D eigenvalue weighted by Gasteiger charge is -2.60. The summed E-state index contributed by atoms with van der Waals surface area (Å²) in [4.78, 5) is 25.7. The van der Waals surface area contributed by atoms with Crippen LogP contribution in [-0.4, -0.2) is 35.3 Å². The second-order valence-electron chi connectivity index (χ2n) is 10.8. The lowest BCUT2D eigenvalue weighted by Crippen LogP contribution is -2.62. The molecule has 4 bridgehead atoms. The average Bonchev–Trinajstić information content (AvgIpc) is 3.18. The van der Waals surface area contributed by atoms with Gasteiger partial charge in [-0.3, -0.25) is 9.59 Å². The fraction of sp³-hybridized carbons (Fsp3) is 0.909. The van der Waals surface area contributed by atoms with E-state index in [1.807, 2.05) is 20.8 Å². The van der Waals surface area contributed by atoms with Crippen molar-refractivity contribution in [3.63, 3.8) is 0 Å². The fourth-order valence-corrected chi connectivity index (χ4v) is 6.55. The van der Waals surface area contributed by atoms with Crippen LogP contribution in [0.5, 0.6) is 0 Å². The minimum Gasteiger partial charge on any atom is -0.459 e. The first-order valence-corrected chi connectivity index (χ1v) is 10.8. The molecule has 0 amide bonds. The molecule has 6 aliphatic rings.